The lowest BCUT2D eigenvalue weighted by Crippen LogP contribution is -2.26. The van der Waals surface area contributed by atoms with Gasteiger partial charge in [-0.05, 0) is 48.9 Å². The Hall–Kier alpha value is -1.67. The summed E-state index contributed by atoms with van der Waals surface area (Å²) in [7, 11) is 0. The Morgan fingerprint density at radius 2 is 1.85 bits per heavy atom. The van der Waals surface area contributed by atoms with Crippen molar-refractivity contribution >= 4 is 0 Å². The van der Waals surface area contributed by atoms with Gasteiger partial charge >= 0.3 is 0 Å². The van der Waals surface area contributed by atoms with Crippen LogP contribution >= 0.6 is 0 Å². The van der Waals surface area contributed by atoms with Crippen LogP contribution in [0, 0.1) is 6.92 Å². The minimum absolute atomic E-state index is 0.463. The molecule has 0 fully saturated rings. The second-order valence-electron chi connectivity index (χ2n) is 5.81. The zero-order valence-corrected chi connectivity index (χ0v) is 12.3. The summed E-state index contributed by atoms with van der Waals surface area (Å²) in [5.74, 6) is 0.682. The third-order valence-corrected chi connectivity index (χ3v) is 4.27. The Labute approximate surface area is 121 Å². The summed E-state index contributed by atoms with van der Waals surface area (Å²) >= 11 is 0. The molecule has 0 radical (unpaired) electrons. The lowest BCUT2D eigenvalue weighted by molar-refractivity contribution is 0.429. The molecule has 2 unspecified atom stereocenters. The SMILES string of the molecule is Cc1cccc(CNC2CCC(C)c3ccccc32)n1. The van der Waals surface area contributed by atoms with E-state index in [1.807, 2.05) is 13.0 Å². The molecular weight excluding hydrogens is 244 g/mol. The molecule has 3 rings (SSSR count). The fourth-order valence-corrected chi connectivity index (χ4v) is 3.14. The van der Waals surface area contributed by atoms with Gasteiger partial charge in [-0.3, -0.25) is 4.98 Å². The first kappa shape index (κ1) is 13.3. The van der Waals surface area contributed by atoms with E-state index in [2.05, 4.69) is 53.6 Å². The van der Waals surface area contributed by atoms with Crippen molar-refractivity contribution in [3.63, 3.8) is 0 Å². The topological polar surface area (TPSA) is 24.9 Å². The smallest absolute Gasteiger partial charge is 0.0545 e. The lowest BCUT2D eigenvalue weighted by Gasteiger charge is -2.30. The number of rotatable bonds is 3. The van der Waals surface area contributed by atoms with Gasteiger partial charge in [0.1, 0.15) is 0 Å². The normalized spacial score (nSPS) is 21.5. The van der Waals surface area contributed by atoms with Crippen molar-refractivity contribution in [3.05, 3.63) is 65.0 Å². The van der Waals surface area contributed by atoms with Crippen LogP contribution in [0.15, 0.2) is 42.5 Å². The lowest BCUT2D eigenvalue weighted by atomic mass is 9.81. The maximum atomic E-state index is 4.57. The molecule has 1 heterocycles. The molecule has 2 heteroatoms. The first-order valence-corrected chi connectivity index (χ1v) is 7.49. The van der Waals surface area contributed by atoms with Gasteiger partial charge in [-0.15, -0.1) is 0 Å². The summed E-state index contributed by atoms with van der Waals surface area (Å²) in [6, 6.07) is 15.5. The number of nitrogens with one attached hydrogen (secondary N) is 1. The van der Waals surface area contributed by atoms with Gasteiger partial charge in [-0.1, -0.05) is 37.3 Å². The summed E-state index contributed by atoms with van der Waals surface area (Å²) in [4.78, 5) is 4.57. The molecule has 0 saturated heterocycles. The summed E-state index contributed by atoms with van der Waals surface area (Å²) < 4.78 is 0. The number of fused-ring (bicyclic) bond motifs is 1. The zero-order valence-electron chi connectivity index (χ0n) is 12.3. The Morgan fingerprint density at radius 3 is 2.65 bits per heavy atom. The van der Waals surface area contributed by atoms with Gasteiger partial charge in [0, 0.05) is 18.3 Å². The highest BCUT2D eigenvalue weighted by atomic mass is 14.9. The molecule has 0 aliphatic heterocycles. The fourth-order valence-electron chi connectivity index (χ4n) is 3.14. The first-order chi connectivity index (χ1) is 9.74. The van der Waals surface area contributed by atoms with E-state index in [0.29, 0.717) is 12.0 Å². The number of benzene rings is 1. The van der Waals surface area contributed by atoms with Crippen molar-refractivity contribution in [2.24, 2.45) is 0 Å². The van der Waals surface area contributed by atoms with Crippen LogP contribution in [0.25, 0.3) is 0 Å². The van der Waals surface area contributed by atoms with Crippen LogP contribution in [0.2, 0.25) is 0 Å². The zero-order chi connectivity index (χ0) is 13.9. The largest absolute Gasteiger partial charge is 0.304 e. The van der Waals surface area contributed by atoms with Crippen LogP contribution in [-0.2, 0) is 6.54 Å². The van der Waals surface area contributed by atoms with Gasteiger partial charge in [0.25, 0.3) is 0 Å². The van der Waals surface area contributed by atoms with Crippen molar-refractivity contribution < 1.29 is 0 Å². The average Bonchev–Trinajstić information content (AvgIpc) is 2.47. The molecule has 104 valence electrons. The Bertz CT molecular complexity index is 591. The van der Waals surface area contributed by atoms with E-state index in [1.165, 1.54) is 24.0 Å². The molecule has 0 bridgehead atoms. The quantitative estimate of drug-likeness (QED) is 0.904. The number of nitrogens with zero attached hydrogens (tertiary/aromatic N) is 1. The van der Waals surface area contributed by atoms with E-state index in [9.17, 15) is 0 Å². The summed E-state index contributed by atoms with van der Waals surface area (Å²) in [6.07, 6.45) is 2.47. The van der Waals surface area contributed by atoms with Crippen molar-refractivity contribution in [1.29, 1.82) is 0 Å². The van der Waals surface area contributed by atoms with Crippen molar-refractivity contribution in [2.75, 3.05) is 0 Å². The summed E-state index contributed by atoms with van der Waals surface area (Å²) in [5.41, 5.74) is 5.19. The van der Waals surface area contributed by atoms with Crippen LogP contribution in [0.1, 0.15) is 54.2 Å². The molecule has 0 amide bonds. The van der Waals surface area contributed by atoms with E-state index >= 15 is 0 Å². The van der Waals surface area contributed by atoms with Gasteiger partial charge < -0.3 is 5.32 Å². The minimum Gasteiger partial charge on any atom is -0.304 e. The van der Waals surface area contributed by atoms with Crippen molar-refractivity contribution in [3.8, 4) is 0 Å². The van der Waals surface area contributed by atoms with Crippen molar-refractivity contribution in [1.82, 2.24) is 10.3 Å². The maximum absolute atomic E-state index is 4.57. The highest BCUT2D eigenvalue weighted by Gasteiger charge is 2.23. The molecule has 1 aliphatic rings. The molecule has 2 nitrogen and oxygen atoms in total. The molecule has 0 spiro atoms. The van der Waals surface area contributed by atoms with Crippen LogP contribution in [0.5, 0.6) is 0 Å². The molecule has 1 aliphatic carbocycles. The second-order valence-corrected chi connectivity index (χ2v) is 5.81. The number of hydrogen-bond acceptors (Lipinski definition) is 2. The monoisotopic (exact) mass is 266 g/mol. The van der Waals surface area contributed by atoms with Gasteiger partial charge in [-0.2, -0.15) is 0 Å². The predicted octanol–water partition coefficient (Wildman–Crippen LogP) is 4.12. The predicted molar refractivity (Wildman–Crippen MR) is 82.6 cm³/mol. The van der Waals surface area contributed by atoms with E-state index in [-0.39, 0.29) is 0 Å². The second kappa shape index (κ2) is 5.76. The molecule has 1 aromatic heterocycles. The minimum atomic E-state index is 0.463. The van der Waals surface area contributed by atoms with E-state index < -0.39 is 0 Å². The van der Waals surface area contributed by atoms with E-state index in [0.717, 1.165) is 17.9 Å². The average molecular weight is 266 g/mol. The number of pyridine rings is 1. The Kier molecular flexibility index (Phi) is 3.83. The van der Waals surface area contributed by atoms with E-state index in [1.54, 1.807) is 0 Å². The Morgan fingerprint density at radius 1 is 1.05 bits per heavy atom. The third-order valence-electron chi connectivity index (χ3n) is 4.27. The Balaban J connectivity index is 1.74. The summed E-state index contributed by atoms with van der Waals surface area (Å²) in [5, 5.41) is 3.68. The molecule has 20 heavy (non-hydrogen) atoms. The van der Waals surface area contributed by atoms with Gasteiger partial charge in [0.15, 0.2) is 0 Å². The van der Waals surface area contributed by atoms with E-state index in [4.69, 9.17) is 0 Å². The fraction of sp³-hybridized carbons (Fsp3) is 0.389. The number of hydrogen-bond donors (Lipinski definition) is 1. The van der Waals surface area contributed by atoms with Crippen LogP contribution in [0.3, 0.4) is 0 Å². The van der Waals surface area contributed by atoms with Crippen molar-refractivity contribution in [2.45, 2.75) is 45.2 Å². The molecule has 1 N–H and O–H groups in total. The molecule has 1 aromatic carbocycles. The molecule has 2 aromatic rings. The highest BCUT2D eigenvalue weighted by molar-refractivity contribution is 5.35. The highest BCUT2D eigenvalue weighted by Crippen LogP contribution is 2.36. The molecular formula is C18H22N2. The van der Waals surface area contributed by atoms with Crippen LogP contribution < -0.4 is 5.32 Å². The third kappa shape index (κ3) is 2.75. The molecule has 0 saturated carbocycles. The number of aromatic nitrogens is 1. The number of aryl methyl sites for hydroxylation is 1. The van der Waals surface area contributed by atoms with Gasteiger partial charge in [0.2, 0.25) is 0 Å². The standard InChI is InChI=1S/C18H22N2/c1-13-10-11-18(17-9-4-3-8-16(13)17)19-12-15-7-5-6-14(2)20-15/h3-9,13,18-19H,10-12H2,1-2H3. The first-order valence-electron chi connectivity index (χ1n) is 7.49. The van der Waals surface area contributed by atoms with Gasteiger partial charge in [-0.25, -0.2) is 0 Å². The van der Waals surface area contributed by atoms with Crippen LogP contribution in [0.4, 0.5) is 0 Å². The van der Waals surface area contributed by atoms with Gasteiger partial charge in [0.05, 0.1) is 5.69 Å². The maximum Gasteiger partial charge on any atom is 0.0545 e. The van der Waals surface area contributed by atoms with Crippen LogP contribution in [-0.4, -0.2) is 4.98 Å². The summed E-state index contributed by atoms with van der Waals surface area (Å²) in [6.45, 7) is 5.22. The molecule has 2 atom stereocenters.